The Hall–Kier alpha value is -1.31. The van der Waals surface area contributed by atoms with Crippen LogP contribution < -0.4 is 15.2 Å². The Morgan fingerprint density at radius 1 is 1.45 bits per heavy atom. The van der Waals surface area contributed by atoms with Crippen LogP contribution in [-0.4, -0.2) is 34.8 Å². The molecule has 1 aromatic carbocycles. The number of hydrogen-bond acceptors (Lipinski definition) is 5. The van der Waals surface area contributed by atoms with Crippen molar-refractivity contribution in [2.75, 3.05) is 26.0 Å². The molecule has 1 atom stereocenters. The van der Waals surface area contributed by atoms with E-state index in [9.17, 15) is 8.42 Å². The molecule has 6 nitrogen and oxygen atoms in total. The standard InChI is InChI=1S/C13H20N2O4S/c1-15-20(16,17)11-5-6-12(14)13(8-11)19-9-10-4-2-3-7-18-10/h5-6,8,10,15H,2-4,7,9,14H2,1H3. The molecule has 0 aromatic heterocycles. The third-order valence-corrected chi connectivity index (χ3v) is 4.67. The predicted molar refractivity (Wildman–Crippen MR) is 76.2 cm³/mol. The summed E-state index contributed by atoms with van der Waals surface area (Å²) in [6.07, 6.45) is 3.20. The number of nitrogens with two attached hydrogens (primary N) is 1. The fourth-order valence-corrected chi connectivity index (χ4v) is 2.79. The molecule has 0 bridgehead atoms. The number of rotatable bonds is 5. The van der Waals surface area contributed by atoms with Gasteiger partial charge in [-0.2, -0.15) is 0 Å². The summed E-state index contributed by atoms with van der Waals surface area (Å²) in [5, 5.41) is 0. The van der Waals surface area contributed by atoms with Crippen molar-refractivity contribution in [2.24, 2.45) is 0 Å². The topological polar surface area (TPSA) is 90.7 Å². The van der Waals surface area contributed by atoms with Crippen molar-refractivity contribution < 1.29 is 17.9 Å². The summed E-state index contributed by atoms with van der Waals surface area (Å²) in [5.74, 6) is 0.371. The van der Waals surface area contributed by atoms with Crippen molar-refractivity contribution in [3.63, 3.8) is 0 Å². The summed E-state index contributed by atoms with van der Waals surface area (Å²) in [5.41, 5.74) is 6.22. The van der Waals surface area contributed by atoms with Crippen LogP contribution in [0.3, 0.4) is 0 Å². The molecule has 1 aromatic rings. The summed E-state index contributed by atoms with van der Waals surface area (Å²) in [7, 11) is -2.13. The van der Waals surface area contributed by atoms with Crippen molar-refractivity contribution >= 4 is 15.7 Å². The normalized spacial score (nSPS) is 19.8. The second-order valence-corrected chi connectivity index (χ2v) is 6.59. The third-order valence-electron chi connectivity index (χ3n) is 3.26. The zero-order valence-electron chi connectivity index (χ0n) is 11.5. The molecule has 7 heteroatoms. The number of benzene rings is 1. The van der Waals surface area contributed by atoms with Gasteiger partial charge in [-0.25, -0.2) is 13.1 Å². The van der Waals surface area contributed by atoms with E-state index in [0.29, 0.717) is 18.0 Å². The molecule has 1 unspecified atom stereocenters. The molecular weight excluding hydrogens is 280 g/mol. The van der Waals surface area contributed by atoms with E-state index in [1.807, 2.05) is 0 Å². The number of ether oxygens (including phenoxy) is 2. The summed E-state index contributed by atoms with van der Waals surface area (Å²) in [6.45, 7) is 1.13. The first kappa shape index (κ1) is 15.1. The molecule has 0 spiro atoms. The molecule has 20 heavy (non-hydrogen) atoms. The van der Waals surface area contributed by atoms with Crippen LogP contribution in [0.1, 0.15) is 19.3 Å². The molecule has 2 rings (SSSR count). The van der Waals surface area contributed by atoms with Gasteiger partial charge in [0.1, 0.15) is 12.4 Å². The lowest BCUT2D eigenvalue weighted by Crippen LogP contribution is -2.26. The lowest BCUT2D eigenvalue weighted by atomic mass is 10.1. The minimum absolute atomic E-state index is 0.0488. The maximum atomic E-state index is 11.7. The number of anilines is 1. The van der Waals surface area contributed by atoms with Crippen LogP contribution in [0.25, 0.3) is 0 Å². The Bertz CT molecular complexity index is 553. The van der Waals surface area contributed by atoms with E-state index in [1.165, 1.54) is 25.2 Å². The zero-order valence-corrected chi connectivity index (χ0v) is 12.3. The van der Waals surface area contributed by atoms with Crippen LogP contribution in [0.5, 0.6) is 5.75 Å². The first-order chi connectivity index (χ1) is 9.53. The first-order valence-corrected chi connectivity index (χ1v) is 8.09. The van der Waals surface area contributed by atoms with E-state index in [-0.39, 0.29) is 11.0 Å². The first-order valence-electron chi connectivity index (χ1n) is 6.60. The van der Waals surface area contributed by atoms with Gasteiger partial charge in [0, 0.05) is 12.7 Å². The summed E-state index contributed by atoms with van der Waals surface area (Å²) < 4.78 is 36.9. The van der Waals surface area contributed by atoms with Crippen molar-refractivity contribution in [3.8, 4) is 5.75 Å². The quantitative estimate of drug-likeness (QED) is 0.795. The van der Waals surface area contributed by atoms with Crippen LogP contribution in [0, 0.1) is 0 Å². The van der Waals surface area contributed by atoms with Gasteiger partial charge in [0.15, 0.2) is 0 Å². The van der Waals surface area contributed by atoms with Gasteiger partial charge in [0.25, 0.3) is 0 Å². The van der Waals surface area contributed by atoms with E-state index in [1.54, 1.807) is 0 Å². The van der Waals surface area contributed by atoms with E-state index >= 15 is 0 Å². The number of sulfonamides is 1. The average Bonchev–Trinajstić information content (AvgIpc) is 2.47. The minimum Gasteiger partial charge on any atom is -0.489 e. The Labute approximate surface area is 119 Å². The highest BCUT2D eigenvalue weighted by molar-refractivity contribution is 7.89. The van der Waals surface area contributed by atoms with Crippen molar-refractivity contribution in [3.05, 3.63) is 18.2 Å². The highest BCUT2D eigenvalue weighted by atomic mass is 32.2. The SMILES string of the molecule is CNS(=O)(=O)c1ccc(N)c(OCC2CCCCO2)c1. The van der Waals surface area contributed by atoms with E-state index in [0.717, 1.165) is 25.9 Å². The fourth-order valence-electron chi connectivity index (χ4n) is 2.05. The number of nitrogens with one attached hydrogen (secondary N) is 1. The second kappa shape index (κ2) is 6.43. The van der Waals surface area contributed by atoms with Gasteiger partial charge in [0.2, 0.25) is 10.0 Å². The molecule has 3 N–H and O–H groups in total. The van der Waals surface area contributed by atoms with Gasteiger partial charge in [0.05, 0.1) is 16.7 Å². The molecule has 1 saturated heterocycles. The maximum absolute atomic E-state index is 11.7. The Balaban J connectivity index is 2.08. The molecule has 1 heterocycles. The predicted octanol–water partition coefficient (Wildman–Crippen LogP) is 1.12. The Morgan fingerprint density at radius 2 is 2.25 bits per heavy atom. The fraction of sp³-hybridized carbons (Fsp3) is 0.538. The van der Waals surface area contributed by atoms with Crippen LogP contribution in [0.15, 0.2) is 23.1 Å². The average molecular weight is 300 g/mol. The molecular formula is C13H20N2O4S. The van der Waals surface area contributed by atoms with Gasteiger partial charge in [-0.3, -0.25) is 0 Å². The third kappa shape index (κ3) is 3.62. The highest BCUT2D eigenvalue weighted by Crippen LogP contribution is 2.26. The van der Waals surface area contributed by atoms with Crippen LogP contribution >= 0.6 is 0 Å². The van der Waals surface area contributed by atoms with Crippen LogP contribution in [0.4, 0.5) is 5.69 Å². The second-order valence-electron chi connectivity index (χ2n) is 4.71. The smallest absolute Gasteiger partial charge is 0.240 e. The van der Waals surface area contributed by atoms with Gasteiger partial charge in [-0.15, -0.1) is 0 Å². The van der Waals surface area contributed by atoms with Crippen LogP contribution in [0.2, 0.25) is 0 Å². The highest BCUT2D eigenvalue weighted by Gasteiger charge is 2.17. The monoisotopic (exact) mass is 300 g/mol. The minimum atomic E-state index is -3.50. The molecule has 1 fully saturated rings. The van der Waals surface area contributed by atoms with Gasteiger partial charge in [-0.1, -0.05) is 0 Å². The maximum Gasteiger partial charge on any atom is 0.240 e. The van der Waals surface area contributed by atoms with Crippen molar-refractivity contribution in [1.82, 2.24) is 4.72 Å². The molecule has 1 aliphatic rings. The van der Waals surface area contributed by atoms with Gasteiger partial charge in [-0.05, 0) is 38.4 Å². The van der Waals surface area contributed by atoms with Crippen molar-refractivity contribution in [1.29, 1.82) is 0 Å². The lowest BCUT2D eigenvalue weighted by molar-refractivity contribution is -0.0109. The van der Waals surface area contributed by atoms with E-state index < -0.39 is 10.0 Å². The summed E-state index contributed by atoms with van der Waals surface area (Å²) in [4.78, 5) is 0.133. The Morgan fingerprint density at radius 3 is 2.90 bits per heavy atom. The number of hydrogen-bond donors (Lipinski definition) is 2. The molecule has 112 valence electrons. The summed E-state index contributed by atoms with van der Waals surface area (Å²) >= 11 is 0. The van der Waals surface area contributed by atoms with Crippen molar-refractivity contribution in [2.45, 2.75) is 30.3 Å². The van der Waals surface area contributed by atoms with Gasteiger partial charge >= 0.3 is 0 Å². The molecule has 0 saturated carbocycles. The lowest BCUT2D eigenvalue weighted by Gasteiger charge is -2.23. The largest absolute Gasteiger partial charge is 0.489 e. The molecule has 0 aliphatic carbocycles. The number of nitrogen functional groups attached to an aromatic ring is 1. The summed E-state index contributed by atoms with van der Waals surface area (Å²) in [6, 6.07) is 4.41. The molecule has 0 amide bonds. The zero-order chi connectivity index (χ0) is 14.6. The van der Waals surface area contributed by atoms with Crippen LogP contribution in [-0.2, 0) is 14.8 Å². The molecule has 1 aliphatic heterocycles. The Kier molecular flexibility index (Phi) is 4.85. The van der Waals surface area contributed by atoms with Gasteiger partial charge < -0.3 is 15.2 Å². The molecule has 0 radical (unpaired) electrons. The van der Waals surface area contributed by atoms with E-state index in [4.69, 9.17) is 15.2 Å². The van der Waals surface area contributed by atoms with E-state index in [2.05, 4.69) is 4.72 Å².